The highest BCUT2D eigenvalue weighted by Crippen LogP contribution is 2.17. The molecule has 0 radical (unpaired) electrons. The molecule has 6 nitrogen and oxygen atoms in total. The van der Waals surface area contributed by atoms with Crippen molar-refractivity contribution in [1.29, 1.82) is 0 Å². The lowest BCUT2D eigenvalue weighted by molar-refractivity contribution is -0.139. The van der Waals surface area contributed by atoms with Gasteiger partial charge in [-0.1, -0.05) is 26.0 Å². The molecule has 1 unspecified atom stereocenters. The van der Waals surface area contributed by atoms with Gasteiger partial charge in [-0.15, -0.1) is 0 Å². The van der Waals surface area contributed by atoms with Gasteiger partial charge >= 0.3 is 12.0 Å². The summed E-state index contributed by atoms with van der Waals surface area (Å²) in [6.45, 7) is 4.44. The van der Waals surface area contributed by atoms with Crippen molar-refractivity contribution in [2.75, 3.05) is 19.0 Å². The van der Waals surface area contributed by atoms with E-state index in [2.05, 4.69) is 24.5 Å². The number of urea groups is 1. The van der Waals surface area contributed by atoms with Gasteiger partial charge in [0.05, 0.1) is 0 Å². The summed E-state index contributed by atoms with van der Waals surface area (Å²) in [5.41, 5.74) is 1.79. The number of carboxylic acids is 1. The Bertz CT molecular complexity index is 471. The molecule has 0 aliphatic rings. The summed E-state index contributed by atoms with van der Waals surface area (Å²) in [5, 5.41) is 14.0. The van der Waals surface area contributed by atoms with Crippen LogP contribution in [0.15, 0.2) is 24.3 Å². The molecule has 3 N–H and O–H groups in total. The van der Waals surface area contributed by atoms with Crippen LogP contribution in [0, 0.1) is 0 Å². The summed E-state index contributed by atoms with van der Waals surface area (Å²) in [6, 6.07) is 5.93. The summed E-state index contributed by atoms with van der Waals surface area (Å²) < 4.78 is 4.82. The number of carbonyl (C=O) groups is 2. The van der Waals surface area contributed by atoms with Gasteiger partial charge in [0.1, 0.15) is 6.04 Å². The van der Waals surface area contributed by atoms with Crippen LogP contribution in [0.3, 0.4) is 0 Å². The van der Waals surface area contributed by atoms with Gasteiger partial charge in [0.2, 0.25) is 0 Å². The zero-order valence-electron chi connectivity index (χ0n) is 12.6. The molecule has 2 amide bonds. The zero-order valence-corrected chi connectivity index (χ0v) is 12.6. The molecule has 0 fully saturated rings. The molecule has 1 aromatic carbocycles. The van der Waals surface area contributed by atoms with Gasteiger partial charge in [0.25, 0.3) is 0 Å². The third kappa shape index (κ3) is 5.83. The van der Waals surface area contributed by atoms with E-state index in [0.717, 1.165) is 0 Å². The van der Waals surface area contributed by atoms with Gasteiger partial charge < -0.3 is 20.5 Å². The lowest BCUT2D eigenvalue weighted by atomic mass is 10.0. The summed E-state index contributed by atoms with van der Waals surface area (Å²) in [4.78, 5) is 22.8. The number of methoxy groups -OCH3 is 1. The molecule has 116 valence electrons. The smallest absolute Gasteiger partial charge is 0.326 e. The van der Waals surface area contributed by atoms with E-state index in [1.165, 1.54) is 12.7 Å². The zero-order chi connectivity index (χ0) is 15.8. The average Bonchev–Trinajstić information content (AvgIpc) is 2.43. The Morgan fingerprint density at radius 3 is 2.33 bits per heavy atom. The van der Waals surface area contributed by atoms with Gasteiger partial charge in [-0.25, -0.2) is 9.59 Å². The molecule has 21 heavy (non-hydrogen) atoms. The van der Waals surface area contributed by atoms with E-state index in [9.17, 15) is 9.59 Å². The molecule has 0 aliphatic heterocycles. The molecule has 1 atom stereocenters. The predicted octanol–water partition coefficient (Wildman–Crippen LogP) is 2.42. The highest BCUT2D eigenvalue weighted by molar-refractivity contribution is 5.92. The number of carbonyl (C=O) groups excluding carboxylic acids is 1. The van der Waals surface area contributed by atoms with Crippen LogP contribution in [-0.4, -0.2) is 36.9 Å². The normalized spacial score (nSPS) is 12.0. The maximum atomic E-state index is 11.8. The van der Waals surface area contributed by atoms with Crippen LogP contribution >= 0.6 is 0 Å². The number of benzene rings is 1. The van der Waals surface area contributed by atoms with Gasteiger partial charge in [-0.05, 0) is 23.6 Å². The minimum atomic E-state index is -1.09. The summed E-state index contributed by atoms with van der Waals surface area (Å²) in [6.07, 6.45) is 0.214. The van der Waals surface area contributed by atoms with Crippen molar-refractivity contribution < 1.29 is 19.4 Å². The minimum Gasteiger partial charge on any atom is -0.480 e. The molecule has 0 aromatic heterocycles. The fourth-order valence-corrected chi connectivity index (χ4v) is 1.77. The van der Waals surface area contributed by atoms with E-state index in [-0.39, 0.29) is 13.0 Å². The minimum absolute atomic E-state index is 0.214. The molecule has 0 heterocycles. The molecule has 0 saturated carbocycles. The molecule has 1 aromatic rings. The number of rotatable bonds is 7. The summed E-state index contributed by atoms with van der Waals surface area (Å²) >= 11 is 0. The molecule has 1 rings (SSSR count). The Labute approximate surface area is 124 Å². The maximum absolute atomic E-state index is 11.8. The van der Waals surface area contributed by atoms with Crippen molar-refractivity contribution in [1.82, 2.24) is 5.32 Å². The number of ether oxygens (including phenoxy) is 1. The fourth-order valence-electron chi connectivity index (χ4n) is 1.77. The Kier molecular flexibility index (Phi) is 6.68. The number of carboxylic acid groups (broad SMARTS) is 1. The SMILES string of the molecule is COCCC(NC(=O)Nc1ccc(C(C)C)cc1)C(=O)O. The van der Waals surface area contributed by atoms with Gasteiger partial charge in [0.15, 0.2) is 0 Å². The molecular weight excluding hydrogens is 272 g/mol. The lowest BCUT2D eigenvalue weighted by Gasteiger charge is -2.15. The first-order valence-electron chi connectivity index (χ1n) is 6.83. The number of nitrogens with one attached hydrogen (secondary N) is 2. The van der Waals surface area contributed by atoms with Crippen LogP contribution in [0.1, 0.15) is 31.7 Å². The van der Waals surface area contributed by atoms with E-state index in [1.807, 2.05) is 12.1 Å². The van der Waals surface area contributed by atoms with Crippen LogP contribution in [0.5, 0.6) is 0 Å². The number of anilines is 1. The number of hydrogen-bond acceptors (Lipinski definition) is 3. The van der Waals surface area contributed by atoms with Crippen LogP contribution in [0.2, 0.25) is 0 Å². The van der Waals surface area contributed by atoms with Crippen LogP contribution in [0.25, 0.3) is 0 Å². The van der Waals surface area contributed by atoms with E-state index in [0.29, 0.717) is 11.6 Å². The van der Waals surface area contributed by atoms with Gasteiger partial charge in [-0.3, -0.25) is 0 Å². The first-order chi connectivity index (χ1) is 9.93. The summed E-state index contributed by atoms with van der Waals surface area (Å²) in [7, 11) is 1.48. The number of hydrogen-bond donors (Lipinski definition) is 3. The Hall–Kier alpha value is -2.08. The molecule has 0 spiro atoms. The Morgan fingerprint density at radius 2 is 1.86 bits per heavy atom. The first-order valence-corrected chi connectivity index (χ1v) is 6.83. The number of amides is 2. The van der Waals surface area contributed by atoms with Gasteiger partial charge in [-0.2, -0.15) is 0 Å². The van der Waals surface area contributed by atoms with E-state index in [4.69, 9.17) is 9.84 Å². The number of aliphatic carboxylic acids is 1. The lowest BCUT2D eigenvalue weighted by Crippen LogP contribution is -2.43. The van der Waals surface area contributed by atoms with Crippen LogP contribution < -0.4 is 10.6 Å². The molecule has 0 aliphatic carbocycles. The standard InChI is InChI=1S/C15H22N2O4/c1-10(2)11-4-6-12(7-5-11)16-15(20)17-13(14(18)19)8-9-21-3/h4-7,10,13H,8-9H2,1-3H3,(H,18,19)(H2,16,17,20). The fraction of sp³-hybridized carbons (Fsp3) is 0.467. The highest BCUT2D eigenvalue weighted by atomic mass is 16.5. The average molecular weight is 294 g/mol. The molecule has 0 bridgehead atoms. The Balaban J connectivity index is 2.57. The van der Waals surface area contributed by atoms with Crippen LogP contribution in [0.4, 0.5) is 10.5 Å². The largest absolute Gasteiger partial charge is 0.480 e. The third-order valence-corrected chi connectivity index (χ3v) is 3.05. The van der Waals surface area contributed by atoms with Gasteiger partial charge in [0, 0.05) is 25.8 Å². The first kappa shape index (κ1) is 17.0. The molecule has 0 saturated heterocycles. The third-order valence-electron chi connectivity index (χ3n) is 3.05. The molecular formula is C15H22N2O4. The van der Waals surface area contributed by atoms with Crippen molar-refractivity contribution in [3.63, 3.8) is 0 Å². The van der Waals surface area contributed by atoms with Crippen molar-refractivity contribution >= 4 is 17.7 Å². The second-order valence-electron chi connectivity index (χ2n) is 5.05. The van der Waals surface area contributed by atoms with E-state index in [1.54, 1.807) is 12.1 Å². The van der Waals surface area contributed by atoms with Crippen molar-refractivity contribution in [3.05, 3.63) is 29.8 Å². The van der Waals surface area contributed by atoms with Crippen molar-refractivity contribution in [2.24, 2.45) is 0 Å². The second kappa shape index (κ2) is 8.26. The quantitative estimate of drug-likeness (QED) is 0.720. The van der Waals surface area contributed by atoms with E-state index < -0.39 is 18.0 Å². The second-order valence-corrected chi connectivity index (χ2v) is 5.05. The molecule has 6 heteroatoms. The monoisotopic (exact) mass is 294 g/mol. The maximum Gasteiger partial charge on any atom is 0.326 e. The Morgan fingerprint density at radius 1 is 1.24 bits per heavy atom. The van der Waals surface area contributed by atoms with Crippen LogP contribution in [-0.2, 0) is 9.53 Å². The van der Waals surface area contributed by atoms with Crippen molar-refractivity contribution in [2.45, 2.75) is 32.2 Å². The highest BCUT2D eigenvalue weighted by Gasteiger charge is 2.19. The van der Waals surface area contributed by atoms with E-state index >= 15 is 0 Å². The summed E-state index contributed by atoms with van der Waals surface area (Å²) in [5.74, 6) is -0.671. The topological polar surface area (TPSA) is 87.7 Å². The van der Waals surface area contributed by atoms with Crippen molar-refractivity contribution in [3.8, 4) is 0 Å². The predicted molar refractivity (Wildman–Crippen MR) is 80.6 cm³/mol.